The number of anilines is 3. The molecule has 94 valence electrons. The van der Waals surface area contributed by atoms with Crippen molar-refractivity contribution in [2.75, 3.05) is 22.9 Å². The van der Waals surface area contributed by atoms with Gasteiger partial charge in [0.05, 0.1) is 0 Å². The minimum Gasteiger partial charge on any atom is -0.370 e. The van der Waals surface area contributed by atoms with Gasteiger partial charge in [-0.25, -0.2) is 0 Å². The molecule has 0 bridgehead atoms. The summed E-state index contributed by atoms with van der Waals surface area (Å²) < 4.78 is 0. The molecule has 0 saturated heterocycles. The summed E-state index contributed by atoms with van der Waals surface area (Å²) in [6, 6.07) is 1.63. The molecule has 17 heavy (non-hydrogen) atoms. The number of rotatable bonds is 6. The van der Waals surface area contributed by atoms with E-state index in [4.69, 9.17) is 11.5 Å². The molecule has 7 nitrogen and oxygen atoms in total. The van der Waals surface area contributed by atoms with Gasteiger partial charge >= 0.3 is 0 Å². The van der Waals surface area contributed by atoms with E-state index >= 15 is 0 Å². The van der Waals surface area contributed by atoms with Crippen LogP contribution < -0.4 is 22.1 Å². The summed E-state index contributed by atoms with van der Waals surface area (Å²) in [5, 5.41) is 6.08. The van der Waals surface area contributed by atoms with Crippen molar-refractivity contribution < 1.29 is 4.79 Å². The van der Waals surface area contributed by atoms with Crippen LogP contribution in [-0.2, 0) is 4.79 Å². The van der Waals surface area contributed by atoms with Crippen LogP contribution in [0, 0.1) is 0 Å². The van der Waals surface area contributed by atoms with Crippen LogP contribution in [0.2, 0.25) is 0 Å². The Kier molecular flexibility index (Phi) is 4.50. The molecule has 1 aromatic heterocycles. The summed E-state index contributed by atoms with van der Waals surface area (Å²) in [7, 11) is 0. The molecule has 1 heterocycles. The van der Waals surface area contributed by atoms with E-state index in [-0.39, 0.29) is 24.3 Å². The number of nitrogen functional groups attached to an aromatic ring is 1. The summed E-state index contributed by atoms with van der Waals surface area (Å²) in [5.74, 6) is 1.03. The zero-order valence-electron chi connectivity index (χ0n) is 10.0. The van der Waals surface area contributed by atoms with E-state index in [1.54, 1.807) is 6.07 Å². The number of carbonyl (C=O) groups excluding carboxylic acids is 1. The maximum absolute atomic E-state index is 10.7. The van der Waals surface area contributed by atoms with Gasteiger partial charge in [0.2, 0.25) is 11.9 Å². The van der Waals surface area contributed by atoms with Crippen LogP contribution in [0.15, 0.2) is 6.07 Å². The Hall–Kier alpha value is -2.05. The molecule has 0 fully saturated rings. The average molecular weight is 238 g/mol. The van der Waals surface area contributed by atoms with Gasteiger partial charge in [0.1, 0.15) is 11.6 Å². The summed E-state index contributed by atoms with van der Waals surface area (Å²) in [6.45, 7) is 4.55. The molecule has 1 amide bonds. The highest BCUT2D eigenvalue weighted by Crippen LogP contribution is 2.13. The van der Waals surface area contributed by atoms with E-state index < -0.39 is 0 Å². The van der Waals surface area contributed by atoms with Crippen molar-refractivity contribution >= 4 is 23.5 Å². The van der Waals surface area contributed by atoms with Gasteiger partial charge in [-0.1, -0.05) is 0 Å². The van der Waals surface area contributed by atoms with E-state index in [2.05, 4.69) is 20.6 Å². The van der Waals surface area contributed by atoms with Crippen molar-refractivity contribution in [2.24, 2.45) is 5.73 Å². The van der Waals surface area contributed by atoms with Crippen molar-refractivity contribution in [1.82, 2.24) is 9.97 Å². The van der Waals surface area contributed by atoms with Crippen molar-refractivity contribution in [3.05, 3.63) is 6.07 Å². The minimum absolute atomic E-state index is 0.101. The average Bonchev–Trinajstić information content (AvgIpc) is 2.14. The van der Waals surface area contributed by atoms with Gasteiger partial charge in [0.15, 0.2) is 0 Å². The molecular weight excluding hydrogens is 220 g/mol. The number of hydrogen-bond acceptors (Lipinski definition) is 6. The highest BCUT2D eigenvalue weighted by molar-refractivity contribution is 5.74. The van der Waals surface area contributed by atoms with Crippen LogP contribution in [0.1, 0.15) is 20.3 Å². The Morgan fingerprint density at radius 1 is 1.47 bits per heavy atom. The number of nitrogens with two attached hydrogens (primary N) is 2. The van der Waals surface area contributed by atoms with E-state index in [1.165, 1.54) is 0 Å². The van der Waals surface area contributed by atoms with E-state index in [0.717, 1.165) is 6.54 Å². The van der Waals surface area contributed by atoms with Crippen LogP contribution in [0.25, 0.3) is 0 Å². The largest absolute Gasteiger partial charge is 0.370 e. The standard InChI is InChI=1S/C10H18N6O/c1-3-13-8-5-9(16-10(12)15-8)14-6(2)4-7(11)17/h5-6H,3-4H2,1-2H3,(H2,11,17)(H4,12,13,14,15,16). The molecule has 0 spiro atoms. The first-order chi connectivity index (χ1) is 8.01. The molecule has 6 N–H and O–H groups in total. The lowest BCUT2D eigenvalue weighted by atomic mass is 10.2. The smallest absolute Gasteiger partial charge is 0.223 e. The second-order valence-electron chi connectivity index (χ2n) is 3.74. The van der Waals surface area contributed by atoms with Gasteiger partial charge in [0, 0.05) is 25.1 Å². The normalized spacial score (nSPS) is 11.9. The Bertz CT molecular complexity index is 394. The van der Waals surface area contributed by atoms with Gasteiger partial charge < -0.3 is 22.1 Å². The molecule has 1 unspecified atom stereocenters. The fourth-order valence-electron chi connectivity index (χ4n) is 1.42. The number of primary amides is 1. The number of carbonyl (C=O) groups is 1. The molecular formula is C10H18N6O. The Morgan fingerprint density at radius 3 is 2.71 bits per heavy atom. The maximum Gasteiger partial charge on any atom is 0.223 e. The molecule has 1 rings (SSSR count). The molecule has 1 atom stereocenters. The monoisotopic (exact) mass is 238 g/mol. The summed E-state index contributed by atoms with van der Waals surface area (Å²) >= 11 is 0. The van der Waals surface area contributed by atoms with E-state index in [9.17, 15) is 4.79 Å². The Labute approximate surface area is 100 Å². The van der Waals surface area contributed by atoms with Crippen molar-refractivity contribution in [3.63, 3.8) is 0 Å². The van der Waals surface area contributed by atoms with Crippen LogP contribution in [0.3, 0.4) is 0 Å². The number of nitrogens with one attached hydrogen (secondary N) is 2. The van der Waals surface area contributed by atoms with Crippen molar-refractivity contribution in [1.29, 1.82) is 0 Å². The fourth-order valence-corrected chi connectivity index (χ4v) is 1.42. The predicted octanol–water partition coefficient (Wildman–Crippen LogP) is 0.166. The molecule has 0 aliphatic carbocycles. The molecule has 1 aromatic rings. The zero-order valence-corrected chi connectivity index (χ0v) is 10.0. The lowest BCUT2D eigenvalue weighted by Crippen LogP contribution is -2.24. The van der Waals surface area contributed by atoms with Gasteiger partial charge in [0.25, 0.3) is 0 Å². The van der Waals surface area contributed by atoms with Crippen LogP contribution in [0.4, 0.5) is 17.6 Å². The van der Waals surface area contributed by atoms with Gasteiger partial charge in [-0.15, -0.1) is 0 Å². The topological polar surface area (TPSA) is 119 Å². The third-order valence-electron chi connectivity index (χ3n) is 2.00. The quantitative estimate of drug-likeness (QED) is 0.560. The number of hydrogen-bond donors (Lipinski definition) is 4. The maximum atomic E-state index is 10.7. The van der Waals surface area contributed by atoms with Gasteiger partial charge in [-0.05, 0) is 13.8 Å². The summed E-state index contributed by atoms with van der Waals surface area (Å²) in [6.07, 6.45) is 0.237. The number of aromatic nitrogens is 2. The lowest BCUT2D eigenvalue weighted by Gasteiger charge is -2.13. The highest BCUT2D eigenvalue weighted by atomic mass is 16.1. The van der Waals surface area contributed by atoms with E-state index in [1.807, 2.05) is 13.8 Å². The summed E-state index contributed by atoms with van der Waals surface area (Å²) in [5.41, 5.74) is 10.7. The predicted molar refractivity (Wildman–Crippen MR) is 67.5 cm³/mol. The highest BCUT2D eigenvalue weighted by Gasteiger charge is 2.08. The molecule has 0 saturated carbocycles. The first-order valence-corrected chi connectivity index (χ1v) is 5.44. The van der Waals surface area contributed by atoms with E-state index in [0.29, 0.717) is 11.6 Å². The minimum atomic E-state index is -0.362. The molecule has 0 radical (unpaired) electrons. The lowest BCUT2D eigenvalue weighted by molar-refractivity contribution is -0.118. The third kappa shape index (κ3) is 4.54. The van der Waals surface area contributed by atoms with Crippen LogP contribution >= 0.6 is 0 Å². The molecule has 0 aliphatic rings. The number of nitrogens with zero attached hydrogens (tertiary/aromatic N) is 2. The first-order valence-electron chi connectivity index (χ1n) is 5.44. The van der Waals surface area contributed by atoms with Gasteiger partial charge in [-0.3, -0.25) is 4.79 Å². The third-order valence-corrected chi connectivity index (χ3v) is 2.00. The second-order valence-corrected chi connectivity index (χ2v) is 3.74. The van der Waals surface area contributed by atoms with Crippen LogP contribution in [-0.4, -0.2) is 28.5 Å². The van der Waals surface area contributed by atoms with Crippen LogP contribution in [0.5, 0.6) is 0 Å². The number of amides is 1. The molecule has 0 aliphatic heterocycles. The zero-order chi connectivity index (χ0) is 12.8. The molecule has 7 heteroatoms. The first kappa shape index (κ1) is 13.0. The Balaban J connectivity index is 2.72. The molecule has 0 aromatic carbocycles. The SMILES string of the molecule is CCNc1cc(NC(C)CC(N)=O)nc(N)n1. The van der Waals surface area contributed by atoms with Crippen molar-refractivity contribution in [3.8, 4) is 0 Å². The summed E-state index contributed by atoms with van der Waals surface area (Å²) in [4.78, 5) is 18.8. The second kappa shape index (κ2) is 5.88. The Morgan fingerprint density at radius 2 is 2.12 bits per heavy atom. The van der Waals surface area contributed by atoms with Gasteiger partial charge in [-0.2, -0.15) is 9.97 Å². The fraction of sp³-hybridized carbons (Fsp3) is 0.500. The van der Waals surface area contributed by atoms with Crippen molar-refractivity contribution in [2.45, 2.75) is 26.3 Å².